The molecular weight excluding hydrogens is 340 g/mol. The summed E-state index contributed by atoms with van der Waals surface area (Å²) in [6, 6.07) is 5.59. The van der Waals surface area contributed by atoms with Crippen molar-refractivity contribution in [3.8, 4) is 11.6 Å². The number of carbonyl (C=O) groups excluding carboxylic acids is 1. The van der Waals surface area contributed by atoms with Crippen LogP contribution < -0.4 is 5.01 Å². The number of rotatable bonds is 4. The van der Waals surface area contributed by atoms with Crippen LogP contribution in [0.5, 0.6) is 0 Å². The smallest absolute Gasteiger partial charge is 0.238 e. The zero-order chi connectivity index (χ0) is 20.0. The number of aromatic nitrogens is 3. The van der Waals surface area contributed by atoms with Gasteiger partial charge in [-0.05, 0) is 56.4 Å². The van der Waals surface area contributed by atoms with Crippen molar-refractivity contribution in [3.05, 3.63) is 36.2 Å². The standard InChI is InChI=1S/C21H28N4O2/c1-14-10-11-22-19-17(14)23-18(16-9-8-12-27-16)24(19)25(15(2)26)21(6,7)13-20(3,4)5/h8-12H,13H2,1-7H3. The van der Waals surface area contributed by atoms with Gasteiger partial charge >= 0.3 is 0 Å². The summed E-state index contributed by atoms with van der Waals surface area (Å²) < 4.78 is 7.44. The Morgan fingerprint density at radius 3 is 2.48 bits per heavy atom. The largest absolute Gasteiger partial charge is 0.461 e. The van der Waals surface area contributed by atoms with Crippen LogP contribution in [0.4, 0.5) is 0 Å². The van der Waals surface area contributed by atoms with E-state index in [9.17, 15) is 4.79 Å². The summed E-state index contributed by atoms with van der Waals surface area (Å²) in [5.41, 5.74) is 2.01. The first-order valence-electron chi connectivity index (χ1n) is 9.20. The van der Waals surface area contributed by atoms with E-state index < -0.39 is 5.54 Å². The average molecular weight is 368 g/mol. The molecule has 0 fully saturated rings. The topological polar surface area (TPSA) is 64.2 Å². The third-order valence-electron chi connectivity index (χ3n) is 4.50. The Labute approximate surface area is 160 Å². The fraction of sp³-hybridized carbons (Fsp3) is 0.476. The molecule has 6 nitrogen and oxygen atoms in total. The van der Waals surface area contributed by atoms with Gasteiger partial charge in [-0.15, -0.1) is 0 Å². The molecule has 0 spiro atoms. The van der Waals surface area contributed by atoms with Gasteiger partial charge in [0.1, 0.15) is 5.52 Å². The predicted molar refractivity (Wildman–Crippen MR) is 107 cm³/mol. The molecule has 0 aliphatic heterocycles. The Kier molecular flexibility index (Phi) is 4.62. The zero-order valence-corrected chi connectivity index (χ0v) is 17.2. The van der Waals surface area contributed by atoms with E-state index in [2.05, 4.69) is 39.6 Å². The van der Waals surface area contributed by atoms with E-state index >= 15 is 0 Å². The van der Waals surface area contributed by atoms with E-state index in [4.69, 9.17) is 9.40 Å². The maximum atomic E-state index is 12.8. The van der Waals surface area contributed by atoms with Crippen LogP contribution in [0, 0.1) is 12.3 Å². The van der Waals surface area contributed by atoms with Gasteiger partial charge in [0.05, 0.1) is 11.8 Å². The molecule has 0 aromatic carbocycles. The van der Waals surface area contributed by atoms with Crippen molar-refractivity contribution in [1.82, 2.24) is 14.6 Å². The van der Waals surface area contributed by atoms with E-state index in [1.54, 1.807) is 24.4 Å². The van der Waals surface area contributed by atoms with Crippen molar-refractivity contribution < 1.29 is 9.21 Å². The fourth-order valence-electron chi connectivity index (χ4n) is 4.05. The number of amides is 1. The minimum absolute atomic E-state index is 0.0434. The third-order valence-corrected chi connectivity index (χ3v) is 4.50. The normalized spacial score (nSPS) is 12.6. The van der Waals surface area contributed by atoms with Crippen LogP contribution in [-0.4, -0.2) is 26.1 Å². The number of furan rings is 1. The first-order valence-corrected chi connectivity index (χ1v) is 9.20. The van der Waals surface area contributed by atoms with Gasteiger partial charge in [0.2, 0.25) is 5.91 Å². The number of fused-ring (bicyclic) bond motifs is 1. The number of carbonyl (C=O) groups is 1. The number of pyridine rings is 1. The van der Waals surface area contributed by atoms with Crippen molar-refractivity contribution in [1.29, 1.82) is 0 Å². The van der Waals surface area contributed by atoms with Crippen molar-refractivity contribution >= 4 is 17.1 Å². The van der Waals surface area contributed by atoms with Gasteiger partial charge in [0, 0.05) is 13.1 Å². The average Bonchev–Trinajstić information content (AvgIpc) is 3.13. The molecule has 0 radical (unpaired) electrons. The first kappa shape index (κ1) is 19.1. The van der Waals surface area contributed by atoms with Crippen molar-refractivity contribution in [2.24, 2.45) is 5.41 Å². The molecule has 0 N–H and O–H groups in total. The van der Waals surface area contributed by atoms with Gasteiger partial charge < -0.3 is 4.42 Å². The van der Waals surface area contributed by atoms with Crippen LogP contribution in [0.25, 0.3) is 22.7 Å². The molecule has 0 unspecified atom stereocenters. The molecule has 3 aromatic rings. The van der Waals surface area contributed by atoms with Crippen molar-refractivity contribution in [2.45, 2.75) is 60.4 Å². The molecule has 0 saturated heterocycles. The van der Waals surface area contributed by atoms with Gasteiger partial charge in [0.25, 0.3) is 0 Å². The number of nitrogens with zero attached hydrogens (tertiary/aromatic N) is 4. The molecule has 0 saturated carbocycles. The monoisotopic (exact) mass is 368 g/mol. The summed E-state index contributed by atoms with van der Waals surface area (Å²) in [4.78, 5) is 22.2. The first-order chi connectivity index (χ1) is 12.5. The second-order valence-corrected chi connectivity index (χ2v) is 8.91. The number of hydrogen-bond donors (Lipinski definition) is 0. The van der Waals surface area contributed by atoms with Crippen LogP contribution in [0.2, 0.25) is 0 Å². The second-order valence-electron chi connectivity index (χ2n) is 8.91. The van der Waals surface area contributed by atoms with Gasteiger partial charge in [-0.2, -0.15) is 0 Å². The van der Waals surface area contributed by atoms with Gasteiger partial charge in [0.15, 0.2) is 17.2 Å². The summed E-state index contributed by atoms with van der Waals surface area (Å²) >= 11 is 0. The Morgan fingerprint density at radius 2 is 1.93 bits per heavy atom. The Balaban J connectivity index is 2.31. The van der Waals surface area contributed by atoms with E-state index in [1.165, 1.54) is 0 Å². The Morgan fingerprint density at radius 1 is 1.22 bits per heavy atom. The minimum Gasteiger partial charge on any atom is -0.461 e. The maximum absolute atomic E-state index is 12.8. The molecule has 0 bridgehead atoms. The third kappa shape index (κ3) is 3.61. The zero-order valence-electron chi connectivity index (χ0n) is 17.2. The molecule has 27 heavy (non-hydrogen) atoms. The highest BCUT2D eigenvalue weighted by molar-refractivity contribution is 5.89. The second kappa shape index (κ2) is 6.51. The lowest BCUT2D eigenvalue weighted by Gasteiger charge is -2.42. The molecule has 0 aliphatic carbocycles. The number of imidazole rings is 1. The van der Waals surface area contributed by atoms with Crippen LogP contribution in [0.1, 0.15) is 53.5 Å². The highest BCUT2D eigenvalue weighted by Crippen LogP contribution is 2.34. The molecule has 0 atom stereocenters. The minimum atomic E-state index is -0.454. The summed E-state index contributed by atoms with van der Waals surface area (Å²) in [5, 5.41) is 1.76. The van der Waals surface area contributed by atoms with Crippen LogP contribution >= 0.6 is 0 Å². The molecule has 144 valence electrons. The van der Waals surface area contributed by atoms with Crippen LogP contribution in [0.3, 0.4) is 0 Å². The lowest BCUT2D eigenvalue weighted by Crippen LogP contribution is -2.55. The van der Waals surface area contributed by atoms with Crippen LogP contribution in [0.15, 0.2) is 35.1 Å². The summed E-state index contributed by atoms with van der Waals surface area (Å²) in [6.45, 7) is 14.3. The van der Waals surface area contributed by atoms with Gasteiger partial charge in [-0.1, -0.05) is 20.8 Å². The highest BCUT2D eigenvalue weighted by Gasteiger charge is 2.37. The SMILES string of the molecule is CC(=O)N(n1c(-c2ccco2)nc2c(C)ccnc21)C(C)(C)CC(C)(C)C. The summed E-state index contributed by atoms with van der Waals surface area (Å²) in [6.07, 6.45) is 4.16. The molecular formula is C21H28N4O2. The molecule has 6 heteroatoms. The Hall–Kier alpha value is -2.63. The van der Waals surface area contributed by atoms with E-state index in [-0.39, 0.29) is 11.3 Å². The molecule has 3 aromatic heterocycles. The fourth-order valence-corrected chi connectivity index (χ4v) is 4.05. The van der Waals surface area contributed by atoms with Gasteiger partial charge in [-0.3, -0.25) is 4.79 Å². The molecule has 0 aliphatic rings. The van der Waals surface area contributed by atoms with Crippen molar-refractivity contribution in [3.63, 3.8) is 0 Å². The number of hydrogen-bond acceptors (Lipinski definition) is 4. The summed E-state index contributed by atoms with van der Waals surface area (Å²) in [5.74, 6) is 1.11. The lowest BCUT2D eigenvalue weighted by molar-refractivity contribution is -0.119. The molecule has 3 rings (SSSR count). The summed E-state index contributed by atoms with van der Waals surface area (Å²) in [7, 11) is 0. The van der Waals surface area contributed by atoms with E-state index in [0.29, 0.717) is 17.2 Å². The lowest BCUT2D eigenvalue weighted by atomic mass is 9.81. The maximum Gasteiger partial charge on any atom is 0.238 e. The van der Waals surface area contributed by atoms with Crippen molar-refractivity contribution in [2.75, 3.05) is 5.01 Å². The predicted octanol–water partition coefficient (Wildman–Crippen LogP) is 4.70. The Bertz CT molecular complexity index is 962. The highest BCUT2D eigenvalue weighted by atomic mass is 16.3. The molecule has 3 heterocycles. The quantitative estimate of drug-likeness (QED) is 0.669. The van der Waals surface area contributed by atoms with E-state index in [1.807, 2.05) is 29.8 Å². The molecule has 1 amide bonds. The van der Waals surface area contributed by atoms with Gasteiger partial charge in [-0.25, -0.2) is 19.7 Å². The van der Waals surface area contributed by atoms with E-state index in [0.717, 1.165) is 17.5 Å². The number of aryl methyl sites for hydroxylation is 1. The van der Waals surface area contributed by atoms with Crippen LogP contribution in [-0.2, 0) is 4.79 Å².